The van der Waals surface area contributed by atoms with Crippen LogP contribution in [0.25, 0.3) is 0 Å². The summed E-state index contributed by atoms with van der Waals surface area (Å²) in [4.78, 5) is 0. The Balaban J connectivity index is 3.15. The van der Waals surface area contributed by atoms with Gasteiger partial charge >= 0.3 is 0 Å². The van der Waals surface area contributed by atoms with Crippen molar-refractivity contribution in [3.63, 3.8) is 0 Å². The summed E-state index contributed by atoms with van der Waals surface area (Å²) in [6.45, 7) is 8.28. The molecule has 86 valence electrons. The molecule has 0 radical (unpaired) electrons. The van der Waals surface area contributed by atoms with Crippen molar-refractivity contribution in [3.05, 3.63) is 11.9 Å². The van der Waals surface area contributed by atoms with E-state index in [1.54, 1.807) is 13.3 Å². The first-order valence-electron chi connectivity index (χ1n) is 5.24. The summed E-state index contributed by atoms with van der Waals surface area (Å²) in [5, 5.41) is 4.39. The Hall–Kier alpha value is -0.700. The van der Waals surface area contributed by atoms with Gasteiger partial charge in [0.1, 0.15) is 0 Å². The van der Waals surface area contributed by atoms with Gasteiger partial charge in [-0.25, -0.2) is 0 Å². The Morgan fingerprint density at radius 1 is 1.33 bits per heavy atom. The SMILES string of the molecule is COc1cnn(C(C)C)c1C(C)C(C)Cl. The van der Waals surface area contributed by atoms with Crippen LogP contribution in [0.15, 0.2) is 6.20 Å². The van der Waals surface area contributed by atoms with Crippen LogP contribution in [0.5, 0.6) is 5.75 Å². The highest BCUT2D eigenvalue weighted by Crippen LogP contribution is 2.32. The third kappa shape index (κ3) is 2.46. The van der Waals surface area contributed by atoms with Gasteiger partial charge < -0.3 is 4.74 Å². The van der Waals surface area contributed by atoms with Crippen molar-refractivity contribution in [1.82, 2.24) is 9.78 Å². The topological polar surface area (TPSA) is 27.1 Å². The number of hydrogen-bond donors (Lipinski definition) is 0. The van der Waals surface area contributed by atoms with Gasteiger partial charge in [-0.15, -0.1) is 11.6 Å². The summed E-state index contributed by atoms with van der Waals surface area (Å²) in [5.74, 6) is 1.05. The Labute approximate surface area is 96.4 Å². The lowest BCUT2D eigenvalue weighted by Gasteiger charge is -2.19. The highest BCUT2D eigenvalue weighted by atomic mass is 35.5. The molecule has 1 rings (SSSR count). The van der Waals surface area contributed by atoms with Crippen LogP contribution in [0.4, 0.5) is 0 Å². The van der Waals surface area contributed by atoms with Gasteiger partial charge in [-0.3, -0.25) is 4.68 Å². The van der Waals surface area contributed by atoms with Gasteiger partial charge in [0.05, 0.1) is 19.0 Å². The van der Waals surface area contributed by atoms with Crippen LogP contribution in [-0.4, -0.2) is 22.3 Å². The van der Waals surface area contributed by atoms with E-state index in [2.05, 4.69) is 25.9 Å². The molecular weight excluding hydrogens is 212 g/mol. The third-order valence-corrected chi connectivity index (χ3v) is 3.01. The normalized spacial score (nSPS) is 15.4. The number of methoxy groups -OCH3 is 1. The first kappa shape index (κ1) is 12.4. The molecule has 0 spiro atoms. The molecule has 2 unspecified atom stereocenters. The van der Waals surface area contributed by atoms with Crippen molar-refractivity contribution < 1.29 is 4.74 Å². The van der Waals surface area contributed by atoms with E-state index in [0.29, 0.717) is 6.04 Å². The van der Waals surface area contributed by atoms with Gasteiger partial charge in [0.2, 0.25) is 0 Å². The molecule has 1 aromatic heterocycles. The van der Waals surface area contributed by atoms with Gasteiger partial charge in [-0.2, -0.15) is 5.10 Å². The highest BCUT2D eigenvalue weighted by molar-refractivity contribution is 6.20. The predicted octanol–water partition coefficient (Wildman–Crippen LogP) is 3.20. The van der Waals surface area contributed by atoms with Crippen LogP contribution >= 0.6 is 11.6 Å². The van der Waals surface area contributed by atoms with Gasteiger partial charge in [-0.1, -0.05) is 6.92 Å². The molecule has 0 aromatic carbocycles. The minimum Gasteiger partial charge on any atom is -0.493 e. The molecule has 0 aliphatic rings. The van der Waals surface area contributed by atoms with Gasteiger partial charge in [0.25, 0.3) is 0 Å². The van der Waals surface area contributed by atoms with Gasteiger partial charge in [0, 0.05) is 17.3 Å². The number of halogens is 1. The molecule has 2 atom stereocenters. The zero-order chi connectivity index (χ0) is 11.6. The van der Waals surface area contributed by atoms with E-state index in [-0.39, 0.29) is 11.3 Å². The Morgan fingerprint density at radius 2 is 1.93 bits per heavy atom. The second-order valence-electron chi connectivity index (χ2n) is 4.10. The summed E-state index contributed by atoms with van der Waals surface area (Å²) in [5.41, 5.74) is 1.08. The highest BCUT2D eigenvalue weighted by Gasteiger charge is 2.22. The molecule has 1 heterocycles. The van der Waals surface area contributed by atoms with E-state index in [9.17, 15) is 0 Å². The zero-order valence-corrected chi connectivity index (χ0v) is 10.7. The Morgan fingerprint density at radius 3 is 2.33 bits per heavy atom. The largest absolute Gasteiger partial charge is 0.493 e. The van der Waals surface area contributed by atoms with E-state index < -0.39 is 0 Å². The predicted molar refractivity (Wildman–Crippen MR) is 62.9 cm³/mol. The lowest BCUT2D eigenvalue weighted by Crippen LogP contribution is -2.15. The van der Waals surface area contributed by atoms with Crippen molar-refractivity contribution in [2.75, 3.05) is 7.11 Å². The van der Waals surface area contributed by atoms with Gasteiger partial charge in [0.15, 0.2) is 5.75 Å². The summed E-state index contributed by atoms with van der Waals surface area (Å²) in [7, 11) is 1.66. The number of rotatable bonds is 4. The number of alkyl halides is 1. The minimum atomic E-state index is 0.0631. The number of hydrogen-bond acceptors (Lipinski definition) is 2. The molecule has 0 N–H and O–H groups in total. The minimum absolute atomic E-state index is 0.0631. The molecule has 0 amide bonds. The molecular formula is C11H19ClN2O. The van der Waals surface area contributed by atoms with E-state index in [1.165, 1.54) is 0 Å². The van der Waals surface area contributed by atoms with Crippen LogP contribution in [0, 0.1) is 0 Å². The fourth-order valence-electron chi connectivity index (χ4n) is 1.58. The fraction of sp³-hybridized carbons (Fsp3) is 0.727. The lowest BCUT2D eigenvalue weighted by atomic mass is 10.0. The monoisotopic (exact) mass is 230 g/mol. The summed E-state index contributed by atoms with van der Waals surface area (Å²) in [6.07, 6.45) is 1.76. The number of aromatic nitrogens is 2. The van der Waals surface area contributed by atoms with E-state index in [1.807, 2.05) is 11.6 Å². The van der Waals surface area contributed by atoms with Crippen molar-refractivity contribution in [3.8, 4) is 5.75 Å². The number of ether oxygens (including phenoxy) is 1. The van der Waals surface area contributed by atoms with Crippen LogP contribution in [0.1, 0.15) is 45.3 Å². The quantitative estimate of drug-likeness (QED) is 0.743. The van der Waals surface area contributed by atoms with E-state index in [4.69, 9.17) is 16.3 Å². The lowest BCUT2D eigenvalue weighted by molar-refractivity contribution is 0.397. The first-order chi connectivity index (χ1) is 6.99. The molecule has 0 saturated carbocycles. The van der Waals surface area contributed by atoms with Crippen LogP contribution < -0.4 is 4.74 Å². The molecule has 1 aromatic rings. The molecule has 15 heavy (non-hydrogen) atoms. The van der Waals surface area contributed by atoms with Gasteiger partial charge in [-0.05, 0) is 20.8 Å². The molecule has 3 nitrogen and oxygen atoms in total. The maximum atomic E-state index is 6.13. The summed E-state index contributed by atoms with van der Waals surface area (Å²) < 4.78 is 7.28. The average molecular weight is 231 g/mol. The molecule has 4 heteroatoms. The van der Waals surface area contributed by atoms with Crippen molar-refractivity contribution >= 4 is 11.6 Å². The standard InChI is InChI=1S/C11H19ClN2O/c1-7(2)14-11(8(3)9(4)12)10(15-5)6-13-14/h6-9H,1-5H3. The van der Waals surface area contributed by atoms with Crippen molar-refractivity contribution in [1.29, 1.82) is 0 Å². The maximum absolute atomic E-state index is 6.13. The molecule has 0 aliphatic carbocycles. The smallest absolute Gasteiger partial charge is 0.160 e. The fourth-order valence-corrected chi connectivity index (χ4v) is 1.69. The first-order valence-corrected chi connectivity index (χ1v) is 5.68. The Bertz CT molecular complexity index is 320. The molecule has 0 saturated heterocycles. The molecule has 0 fully saturated rings. The number of nitrogens with zero attached hydrogens (tertiary/aromatic N) is 2. The third-order valence-electron chi connectivity index (χ3n) is 2.63. The zero-order valence-electron chi connectivity index (χ0n) is 9.99. The molecule has 0 bridgehead atoms. The van der Waals surface area contributed by atoms with E-state index in [0.717, 1.165) is 11.4 Å². The second-order valence-corrected chi connectivity index (χ2v) is 4.79. The average Bonchev–Trinajstić information content (AvgIpc) is 2.59. The van der Waals surface area contributed by atoms with Crippen LogP contribution in [-0.2, 0) is 0 Å². The summed E-state index contributed by atoms with van der Waals surface area (Å²) >= 11 is 6.13. The van der Waals surface area contributed by atoms with Crippen LogP contribution in [0.2, 0.25) is 0 Å². The maximum Gasteiger partial charge on any atom is 0.160 e. The van der Waals surface area contributed by atoms with Crippen molar-refractivity contribution in [2.45, 2.75) is 45.0 Å². The van der Waals surface area contributed by atoms with E-state index >= 15 is 0 Å². The Kier molecular flexibility index (Phi) is 4.03. The van der Waals surface area contributed by atoms with Crippen molar-refractivity contribution in [2.24, 2.45) is 0 Å². The second kappa shape index (κ2) is 4.88. The van der Waals surface area contributed by atoms with Crippen LogP contribution in [0.3, 0.4) is 0 Å². The summed E-state index contributed by atoms with van der Waals surface area (Å²) in [6, 6.07) is 0.321. The molecule has 0 aliphatic heterocycles.